The number of aliphatic hydroxyl groups excluding tert-OH is 1. The first-order valence-corrected chi connectivity index (χ1v) is 12.9. The van der Waals surface area contributed by atoms with E-state index < -0.39 is 23.1 Å². The number of amides is 1. The van der Waals surface area contributed by atoms with Gasteiger partial charge in [0.15, 0.2) is 11.6 Å². The van der Waals surface area contributed by atoms with Gasteiger partial charge < -0.3 is 15.7 Å². The molecule has 1 amide bonds. The molecule has 1 unspecified atom stereocenters. The summed E-state index contributed by atoms with van der Waals surface area (Å²) in [7, 11) is 0. The third-order valence-electron chi connectivity index (χ3n) is 5.67. The van der Waals surface area contributed by atoms with E-state index in [2.05, 4.69) is 15.6 Å². The molecule has 0 saturated heterocycles. The summed E-state index contributed by atoms with van der Waals surface area (Å²) in [5.41, 5.74) is 0.399. The molecule has 1 atom stereocenters. The second kappa shape index (κ2) is 9.93. The summed E-state index contributed by atoms with van der Waals surface area (Å²) in [6, 6.07) is 17.6. The maximum Gasteiger partial charge on any atom is 0.262 e. The van der Waals surface area contributed by atoms with Gasteiger partial charge in [-0.05, 0) is 58.8 Å². The minimum Gasteiger partial charge on any atom is -0.511 e. The number of rotatable bonds is 6. The van der Waals surface area contributed by atoms with E-state index in [9.17, 15) is 18.7 Å². The lowest BCUT2D eigenvalue weighted by Gasteiger charge is -2.37. The highest BCUT2D eigenvalue weighted by Gasteiger charge is 2.44. The third-order valence-corrected chi connectivity index (χ3v) is 7.99. The number of benzene rings is 2. The first-order chi connectivity index (χ1) is 17.4. The van der Waals surface area contributed by atoms with Crippen LogP contribution in [-0.4, -0.2) is 16.0 Å². The van der Waals surface area contributed by atoms with E-state index >= 15 is 0 Å². The molecular formula is C26H18ClF2N3O2S2. The number of carbonyl (C=O) groups excluding carboxylic acids is 1. The summed E-state index contributed by atoms with van der Waals surface area (Å²) in [6.07, 6.45) is 0.0594. The largest absolute Gasteiger partial charge is 0.511 e. The van der Waals surface area contributed by atoms with Crippen LogP contribution in [0.1, 0.15) is 17.7 Å². The number of aliphatic hydroxyl groups is 1. The van der Waals surface area contributed by atoms with E-state index in [1.54, 1.807) is 42.5 Å². The minimum absolute atomic E-state index is 0.0594. The van der Waals surface area contributed by atoms with Crippen molar-refractivity contribution in [1.29, 1.82) is 0 Å². The molecule has 0 aliphatic carbocycles. The van der Waals surface area contributed by atoms with Gasteiger partial charge in [0.1, 0.15) is 22.0 Å². The topological polar surface area (TPSA) is 74.2 Å². The molecule has 1 aliphatic rings. The highest BCUT2D eigenvalue weighted by molar-refractivity contribution is 8.04. The van der Waals surface area contributed by atoms with Crippen LogP contribution >= 0.6 is 34.7 Å². The normalized spacial score (nSPS) is 17.7. The number of nitrogens with zero attached hydrogens (tertiary/aromatic N) is 1. The van der Waals surface area contributed by atoms with Gasteiger partial charge in [-0.15, -0.1) is 0 Å². The molecule has 182 valence electrons. The quantitative estimate of drug-likeness (QED) is 0.242. The van der Waals surface area contributed by atoms with Crippen LogP contribution in [-0.2, 0) is 10.3 Å². The highest BCUT2D eigenvalue weighted by Crippen LogP contribution is 2.44. The lowest BCUT2D eigenvalue weighted by Crippen LogP contribution is -2.50. The Morgan fingerprint density at radius 1 is 1.08 bits per heavy atom. The summed E-state index contributed by atoms with van der Waals surface area (Å²) < 4.78 is 27.0. The fourth-order valence-corrected chi connectivity index (χ4v) is 5.80. The van der Waals surface area contributed by atoms with Crippen LogP contribution in [0.5, 0.6) is 0 Å². The molecular weight excluding hydrogens is 524 g/mol. The van der Waals surface area contributed by atoms with Gasteiger partial charge >= 0.3 is 0 Å². The standard InChI is InChI=1S/C26H18ClF2N3O2S2/c27-17-4-1-2-5-21(17)36-24-20(33)13-26(32-25(24)34,15-10-11-35-14-15)22-6-3-7-23(31-22)30-16-8-9-18(28)19(29)12-16/h1-12,14,33H,13H2,(H,30,31)(H,32,34). The molecule has 0 saturated carbocycles. The van der Waals surface area contributed by atoms with E-state index in [0.717, 1.165) is 29.5 Å². The van der Waals surface area contributed by atoms with Gasteiger partial charge in [-0.25, -0.2) is 13.8 Å². The van der Waals surface area contributed by atoms with Crippen molar-refractivity contribution in [3.05, 3.63) is 116 Å². The monoisotopic (exact) mass is 541 g/mol. The molecule has 2 aromatic heterocycles. The first kappa shape index (κ1) is 24.3. The summed E-state index contributed by atoms with van der Waals surface area (Å²) in [5.74, 6) is -2.12. The Kier molecular flexibility index (Phi) is 6.70. The van der Waals surface area contributed by atoms with Crippen LogP contribution in [0.4, 0.5) is 20.3 Å². The van der Waals surface area contributed by atoms with Crippen molar-refractivity contribution in [3.8, 4) is 0 Å². The van der Waals surface area contributed by atoms with Gasteiger partial charge in [0, 0.05) is 23.1 Å². The van der Waals surface area contributed by atoms with E-state index in [0.29, 0.717) is 27.1 Å². The Hall–Kier alpha value is -3.40. The molecule has 0 spiro atoms. The van der Waals surface area contributed by atoms with Crippen LogP contribution in [0.2, 0.25) is 5.02 Å². The van der Waals surface area contributed by atoms with E-state index in [1.807, 2.05) is 16.8 Å². The van der Waals surface area contributed by atoms with Crippen molar-refractivity contribution < 1.29 is 18.7 Å². The second-order valence-corrected chi connectivity index (χ2v) is 10.3. The van der Waals surface area contributed by atoms with Crippen LogP contribution in [0, 0.1) is 11.6 Å². The summed E-state index contributed by atoms with van der Waals surface area (Å²) >= 11 is 8.81. The molecule has 5 nitrogen and oxygen atoms in total. The van der Waals surface area contributed by atoms with Crippen molar-refractivity contribution in [3.63, 3.8) is 0 Å². The lowest BCUT2D eigenvalue weighted by atomic mass is 9.82. The zero-order chi connectivity index (χ0) is 25.3. The molecule has 36 heavy (non-hydrogen) atoms. The second-order valence-electron chi connectivity index (χ2n) is 8.02. The number of halogens is 3. The average Bonchev–Trinajstić information content (AvgIpc) is 3.41. The van der Waals surface area contributed by atoms with Gasteiger partial charge in [-0.3, -0.25) is 4.79 Å². The number of thiophene rings is 1. The fraction of sp³-hybridized carbons (Fsp3) is 0.0769. The van der Waals surface area contributed by atoms with Crippen LogP contribution < -0.4 is 10.6 Å². The Morgan fingerprint density at radius 3 is 2.64 bits per heavy atom. The Balaban J connectivity index is 1.52. The van der Waals surface area contributed by atoms with Crippen LogP contribution in [0.3, 0.4) is 0 Å². The molecule has 0 radical (unpaired) electrons. The summed E-state index contributed by atoms with van der Waals surface area (Å²) in [4.78, 5) is 18.8. The number of thioether (sulfide) groups is 1. The third kappa shape index (κ3) is 4.69. The van der Waals surface area contributed by atoms with Crippen molar-refractivity contribution in [2.75, 3.05) is 5.32 Å². The van der Waals surface area contributed by atoms with Gasteiger partial charge in [-0.1, -0.05) is 41.6 Å². The van der Waals surface area contributed by atoms with Gasteiger partial charge in [0.25, 0.3) is 5.91 Å². The summed E-state index contributed by atoms with van der Waals surface area (Å²) in [6.45, 7) is 0. The molecule has 0 fully saturated rings. The fourth-order valence-electron chi connectivity index (χ4n) is 3.95. The molecule has 5 rings (SSSR count). The zero-order valence-corrected chi connectivity index (χ0v) is 20.9. The molecule has 0 bridgehead atoms. The maximum absolute atomic E-state index is 13.7. The Bertz CT molecular complexity index is 1480. The lowest BCUT2D eigenvalue weighted by molar-refractivity contribution is -0.119. The number of aromatic nitrogens is 1. The number of carbonyl (C=O) groups is 1. The van der Waals surface area contributed by atoms with Gasteiger partial charge in [-0.2, -0.15) is 11.3 Å². The average molecular weight is 542 g/mol. The van der Waals surface area contributed by atoms with Crippen molar-refractivity contribution in [1.82, 2.24) is 10.3 Å². The number of anilines is 2. The highest BCUT2D eigenvalue weighted by atomic mass is 35.5. The van der Waals surface area contributed by atoms with E-state index in [-0.39, 0.29) is 17.1 Å². The van der Waals surface area contributed by atoms with Crippen molar-refractivity contribution >= 4 is 52.1 Å². The van der Waals surface area contributed by atoms with Crippen LogP contribution in [0.15, 0.2) is 93.0 Å². The molecule has 3 heterocycles. The van der Waals surface area contributed by atoms with E-state index in [4.69, 9.17) is 11.6 Å². The van der Waals surface area contributed by atoms with Crippen molar-refractivity contribution in [2.24, 2.45) is 0 Å². The van der Waals surface area contributed by atoms with Crippen molar-refractivity contribution in [2.45, 2.75) is 16.9 Å². The maximum atomic E-state index is 13.7. The number of hydrogen-bond donors (Lipinski definition) is 3. The number of hydrogen-bond acceptors (Lipinski definition) is 6. The molecule has 4 aromatic rings. The zero-order valence-electron chi connectivity index (χ0n) is 18.5. The molecule has 10 heteroatoms. The molecule has 3 N–H and O–H groups in total. The number of pyridine rings is 1. The summed E-state index contributed by atoms with van der Waals surface area (Å²) in [5, 5.41) is 21.3. The first-order valence-electron chi connectivity index (χ1n) is 10.7. The molecule has 2 aromatic carbocycles. The van der Waals surface area contributed by atoms with E-state index in [1.165, 1.54) is 17.4 Å². The Morgan fingerprint density at radius 2 is 1.92 bits per heavy atom. The van der Waals surface area contributed by atoms with Gasteiger partial charge in [0.2, 0.25) is 0 Å². The predicted molar refractivity (Wildman–Crippen MR) is 139 cm³/mol. The van der Waals surface area contributed by atoms with Crippen LogP contribution in [0.25, 0.3) is 0 Å². The Labute approximate surface area is 218 Å². The smallest absolute Gasteiger partial charge is 0.262 e. The number of nitrogens with one attached hydrogen (secondary N) is 2. The SMILES string of the molecule is O=C1NC(c2ccsc2)(c2cccc(Nc3ccc(F)c(F)c3)n2)CC(O)=C1Sc1ccccc1Cl. The van der Waals surface area contributed by atoms with Gasteiger partial charge in [0.05, 0.1) is 10.7 Å². The molecule has 1 aliphatic heterocycles. The minimum atomic E-state index is -1.14. The predicted octanol–water partition coefficient (Wildman–Crippen LogP) is 7.14.